The Balaban J connectivity index is 2.19. The third-order valence-electron chi connectivity index (χ3n) is 3.90. The minimum absolute atomic E-state index is 0.0524. The SMILES string of the molecule is CCN1C2=NC(C)C(C)N2C(=O)c2cc(Br)ccc21. The van der Waals surface area contributed by atoms with Crippen LogP contribution in [-0.2, 0) is 0 Å². The molecule has 0 radical (unpaired) electrons. The summed E-state index contributed by atoms with van der Waals surface area (Å²) in [5.41, 5.74) is 1.70. The van der Waals surface area contributed by atoms with E-state index in [1.165, 1.54) is 0 Å². The van der Waals surface area contributed by atoms with E-state index in [-0.39, 0.29) is 18.0 Å². The third-order valence-corrected chi connectivity index (χ3v) is 4.39. The Morgan fingerprint density at radius 1 is 1.37 bits per heavy atom. The molecule has 19 heavy (non-hydrogen) atoms. The highest BCUT2D eigenvalue weighted by Crippen LogP contribution is 2.35. The second-order valence-electron chi connectivity index (χ2n) is 4.99. The molecule has 0 saturated carbocycles. The van der Waals surface area contributed by atoms with Gasteiger partial charge in [0.05, 0.1) is 23.3 Å². The largest absolute Gasteiger partial charge is 0.312 e. The van der Waals surface area contributed by atoms with Crippen molar-refractivity contribution in [3.8, 4) is 0 Å². The number of nitrogens with zero attached hydrogens (tertiary/aromatic N) is 3. The van der Waals surface area contributed by atoms with Crippen LogP contribution in [0.15, 0.2) is 27.7 Å². The number of fused-ring (bicyclic) bond motifs is 2. The number of aliphatic imine (C=N–C) groups is 1. The Bertz CT molecular complexity index is 584. The van der Waals surface area contributed by atoms with Crippen LogP contribution in [0.5, 0.6) is 0 Å². The number of rotatable bonds is 1. The first-order valence-corrected chi connectivity index (χ1v) is 7.32. The number of guanidine groups is 1. The third kappa shape index (κ3) is 1.71. The quantitative estimate of drug-likeness (QED) is 0.797. The second-order valence-corrected chi connectivity index (χ2v) is 5.91. The molecule has 2 heterocycles. The van der Waals surface area contributed by atoms with Gasteiger partial charge in [-0.1, -0.05) is 15.9 Å². The molecule has 2 unspecified atom stereocenters. The Kier molecular flexibility index (Phi) is 2.89. The normalized spacial score (nSPS) is 25.3. The van der Waals surface area contributed by atoms with E-state index in [0.29, 0.717) is 0 Å². The maximum atomic E-state index is 12.7. The zero-order valence-electron chi connectivity index (χ0n) is 11.2. The van der Waals surface area contributed by atoms with E-state index in [9.17, 15) is 4.79 Å². The monoisotopic (exact) mass is 321 g/mol. The maximum Gasteiger partial charge on any atom is 0.263 e. The lowest BCUT2D eigenvalue weighted by molar-refractivity contribution is 0.0809. The number of carbonyl (C=O) groups is 1. The number of benzene rings is 1. The molecule has 100 valence electrons. The summed E-state index contributed by atoms with van der Waals surface area (Å²) < 4.78 is 0.927. The molecule has 0 bridgehead atoms. The number of carbonyl (C=O) groups excluding carboxylic acids is 1. The van der Waals surface area contributed by atoms with Crippen molar-refractivity contribution in [2.45, 2.75) is 32.9 Å². The van der Waals surface area contributed by atoms with Crippen LogP contribution in [0, 0.1) is 0 Å². The lowest BCUT2D eigenvalue weighted by Crippen LogP contribution is -2.52. The van der Waals surface area contributed by atoms with Crippen LogP contribution >= 0.6 is 15.9 Å². The van der Waals surface area contributed by atoms with Gasteiger partial charge in [0.25, 0.3) is 5.91 Å². The smallest absolute Gasteiger partial charge is 0.263 e. The molecular formula is C14H16BrN3O. The molecule has 1 aromatic carbocycles. The van der Waals surface area contributed by atoms with Crippen molar-refractivity contribution in [2.75, 3.05) is 11.4 Å². The molecule has 0 N–H and O–H groups in total. The molecule has 1 amide bonds. The van der Waals surface area contributed by atoms with Crippen LogP contribution in [0.1, 0.15) is 31.1 Å². The molecule has 4 nitrogen and oxygen atoms in total. The highest BCUT2D eigenvalue weighted by atomic mass is 79.9. The van der Waals surface area contributed by atoms with E-state index < -0.39 is 0 Å². The van der Waals surface area contributed by atoms with E-state index in [4.69, 9.17) is 0 Å². The summed E-state index contributed by atoms with van der Waals surface area (Å²) >= 11 is 3.44. The van der Waals surface area contributed by atoms with Crippen molar-refractivity contribution >= 4 is 33.5 Å². The summed E-state index contributed by atoms with van der Waals surface area (Å²) in [4.78, 5) is 21.3. The van der Waals surface area contributed by atoms with Crippen molar-refractivity contribution in [2.24, 2.45) is 4.99 Å². The van der Waals surface area contributed by atoms with Gasteiger partial charge in [0, 0.05) is 11.0 Å². The Morgan fingerprint density at radius 2 is 2.11 bits per heavy atom. The van der Waals surface area contributed by atoms with E-state index >= 15 is 0 Å². The van der Waals surface area contributed by atoms with Gasteiger partial charge in [-0.25, -0.2) is 4.99 Å². The van der Waals surface area contributed by atoms with Gasteiger partial charge in [0.2, 0.25) is 5.96 Å². The molecular weight excluding hydrogens is 306 g/mol. The fourth-order valence-corrected chi connectivity index (χ4v) is 3.05. The summed E-state index contributed by atoms with van der Waals surface area (Å²) in [6.07, 6.45) is 0. The molecule has 3 rings (SSSR count). The highest BCUT2D eigenvalue weighted by molar-refractivity contribution is 9.10. The van der Waals surface area contributed by atoms with E-state index in [2.05, 4.69) is 46.6 Å². The lowest BCUT2D eigenvalue weighted by atomic mass is 10.1. The lowest BCUT2D eigenvalue weighted by Gasteiger charge is -2.37. The summed E-state index contributed by atoms with van der Waals surface area (Å²) in [5.74, 6) is 0.846. The molecule has 5 heteroatoms. The fourth-order valence-electron chi connectivity index (χ4n) is 2.69. The molecule has 0 fully saturated rings. The van der Waals surface area contributed by atoms with Crippen LogP contribution in [0.3, 0.4) is 0 Å². The number of hydrogen-bond donors (Lipinski definition) is 0. The zero-order valence-corrected chi connectivity index (χ0v) is 12.8. The standard InChI is InChI=1S/C14H16BrN3O/c1-4-17-12-6-5-10(15)7-11(12)13(19)18-9(3)8(2)16-14(17)18/h5-9H,4H2,1-3H3. The van der Waals surface area contributed by atoms with Crippen molar-refractivity contribution in [3.63, 3.8) is 0 Å². The summed E-state index contributed by atoms with van der Waals surface area (Å²) in [5, 5.41) is 0. The summed E-state index contributed by atoms with van der Waals surface area (Å²) in [7, 11) is 0. The van der Waals surface area contributed by atoms with E-state index in [1.807, 2.05) is 23.1 Å². The molecule has 2 atom stereocenters. The van der Waals surface area contributed by atoms with Crippen LogP contribution < -0.4 is 4.90 Å². The van der Waals surface area contributed by atoms with Crippen molar-refractivity contribution in [1.82, 2.24) is 4.90 Å². The van der Waals surface area contributed by atoms with Crippen LogP contribution in [0.4, 0.5) is 5.69 Å². The fraction of sp³-hybridized carbons (Fsp3) is 0.429. The number of anilines is 1. The summed E-state index contributed by atoms with van der Waals surface area (Å²) in [6.45, 7) is 6.99. The van der Waals surface area contributed by atoms with Crippen molar-refractivity contribution < 1.29 is 4.79 Å². The maximum absolute atomic E-state index is 12.7. The number of amides is 1. The molecule has 2 aliphatic heterocycles. The van der Waals surface area contributed by atoms with Crippen LogP contribution in [0.2, 0.25) is 0 Å². The van der Waals surface area contributed by atoms with Gasteiger partial charge in [-0.2, -0.15) is 0 Å². The van der Waals surface area contributed by atoms with Crippen molar-refractivity contribution in [1.29, 1.82) is 0 Å². The molecule has 1 aromatic rings. The second kappa shape index (κ2) is 4.34. The molecule has 0 aromatic heterocycles. The first kappa shape index (κ1) is 12.7. The average Bonchev–Trinajstić information content (AvgIpc) is 2.67. The molecule has 0 aliphatic carbocycles. The Hall–Kier alpha value is -1.36. The number of hydrogen-bond acceptors (Lipinski definition) is 3. The zero-order chi connectivity index (χ0) is 13.7. The highest BCUT2D eigenvalue weighted by Gasteiger charge is 2.42. The predicted octanol–water partition coefficient (Wildman–Crippen LogP) is 2.88. The average molecular weight is 322 g/mol. The van der Waals surface area contributed by atoms with Crippen LogP contribution in [0.25, 0.3) is 0 Å². The summed E-state index contributed by atoms with van der Waals surface area (Å²) in [6, 6.07) is 6.10. The minimum atomic E-state index is 0.0524. The first-order valence-electron chi connectivity index (χ1n) is 6.53. The van der Waals surface area contributed by atoms with Gasteiger partial charge in [-0.15, -0.1) is 0 Å². The van der Waals surface area contributed by atoms with E-state index in [0.717, 1.165) is 28.2 Å². The van der Waals surface area contributed by atoms with Gasteiger partial charge in [0.15, 0.2) is 0 Å². The Morgan fingerprint density at radius 3 is 2.79 bits per heavy atom. The molecule has 2 aliphatic rings. The van der Waals surface area contributed by atoms with Gasteiger partial charge in [-0.05, 0) is 39.0 Å². The minimum Gasteiger partial charge on any atom is -0.312 e. The van der Waals surface area contributed by atoms with Crippen LogP contribution in [-0.4, -0.2) is 35.4 Å². The van der Waals surface area contributed by atoms with Gasteiger partial charge in [0.1, 0.15) is 0 Å². The Labute approximate surface area is 121 Å². The topological polar surface area (TPSA) is 35.9 Å². The molecule has 0 spiro atoms. The first-order chi connectivity index (χ1) is 9.04. The predicted molar refractivity (Wildman–Crippen MR) is 79.7 cm³/mol. The molecule has 0 saturated heterocycles. The van der Waals surface area contributed by atoms with Gasteiger partial charge < -0.3 is 4.90 Å². The van der Waals surface area contributed by atoms with Crippen molar-refractivity contribution in [3.05, 3.63) is 28.2 Å². The van der Waals surface area contributed by atoms with Gasteiger partial charge in [-0.3, -0.25) is 9.69 Å². The van der Waals surface area contributed by atoms with Gasteiger partial charge >= 0.3 is 0 Å². The number of halogens is 1. The van der Waals surface area contributed by atoms with E-state index in [1.54, 1.807) is 0 Å².